The van der Waals surface area contributed by atoms with Crippen molar-refractivity contribution in [3.63, 3.8) is 0 Å². The van der Waals surface area contributed by atoms with Crippen LogP contribution in [0.5, 0.6) is 0 Å². The summed E-state index contributed by atoms with van der Waals surface area (Å²) >= 11 is 0. The Hall–Kier alpha value is -4.05. The molecule has 0 spiro atoms. The molecule has 8 nitrogen and oxygen atoms in total. The Balaban J connectivity index is 1.61. The van der Waals surface area contributed by atoms with E-state index in [2.05, 4.69) is 10.6 Å². The number of rotatable bonds is 12. The summed E-state index contributed by atoms with van der Waals surface area (Å²) in [5.41, 5.74) is 1.53. The second-order valence-electron chi connectivity index (χ2n) is 9.75. The number of anilines is 1. The van der Waals surface area contributed by atoms with Gasteiger partial charge in [0.1, 0.15) is 0 Å². The maximum atomic E-state index is 13.5. The molecule has 0 fully saturated rings. The van der Waals surface area contributed by atoms with Crippen molar-refractivity contribution in [3.8, 4) is 0 Å². The fourth-order valence-corrected chi connectivity index (χ4v) is 6.28. The van der Waals surface area contributed by atoms with Gasteiger partial charge in [0.25, 0.3) is 11.8 Å². The van der Waals surface area contributed by atoms with Crippen LogP contribution in [0.1, 0.15) is 59.0 Å². The Bertz CT molecular complexity index is 1600. The van der Waals surface area contributed by atoms with Crippen molar-refractivity contribution >= 4 is 38.3 Å². The van der Waals surface area contributed by atoms with Crippen molar-refractivity contribution in [2.45, 2.75) is 37.6 Å². The molecule has 2 amide bonds. The number of carbonyl (C=O) groups excluding carboxylic acids is 2. The third-order valence-electron chi connectivity index (χ3n) is 6.77. The number of nitrogens with one attached hydrogen (secondary N) is 2. The highest BCUT2D eigenvalue weighted by Crippen LogP contribution is 2.26. The molecule has 0 radical (unpaired) electrons. The fraction of sp³-hybridized carbons (Fsp3) is 0.250. The number of benzene rings is 4. The quantitative estimate of drug-likeness (QED) is 0.211. The number of aliphatic hydroxyl groups is 1. The monoisotopic (exact) mass is 573 g/mol. The average Bonchev–Trinajstić information content (AvgIpc) is 2.99. The molecule has 4 rings (SSSR count). The van der Waals surface area contributed by atoms with Crippen LogP contribution in [0.4, 0.5) is 5.69 Å². The highest BCUT2D eigenvalue weighted by Gasteiger charge is 2.24. The van der Waals surface area contributed by atoms with E-state index < -0.39 is 27.9 Å². The first-order chi connectivity index (χ1) is 19.8. The Labute approximate surface area is 241 Å². The Morgan fingerprint density at radius 3 is 1.98 bits per heavy atom. The summed E-state index contributed by atoms with van der Waals surface area (Å²) < 4.78 is 27.7. The van der Waals surface area contributed by atoms with E-state index >= 15 is 0 Å². The highest BCUT2D eigenvalue weighted by atomic mass is 32.2. The number of hydrogen-bond acceptors (Lipinski definition) is 5. The van der Waals surface area contributed by atoms with Gasteiger partial charge in [0.2, 0.25) is 10.0 Å². The lowest BCUT2D eigenvalue weighted by molar-refractivity contribution is 0.0917. The second-order valence-corrected chi connectivity index (χ2v) is 11.7. The molecule has 4 aromatic carbocycles. The minimum atomic E-state index is -3.68. The number of hydrogen-bond donors (Lipinski definition) is 3. The zero-order chi connectivity index (χ0) is 29.4. The Morgan fingerprint density at radius 1 is 0.805 bits per heavy atom. The zero-order valence-corrected chi connectivity index (χ0v) is 24.0. The van der Waals surface area contributed by atoms with Gasteiger partial charge in [-0.05, 0) is 65.6 Å². The van der Waals surface area contributed by atoms with Gasteiger partial charge in [0, 0.05) is 18.7 Å². The molecule has 214 valence electrons. The van der Waals surface area contributed by atoms with E-state index in [-0.39, 0.29) is 22.6 Å². The third-order valence-corrected chi connectivity index (χ3v) is 8.68. The molecule has 1 atom stereocenters. The molecule has 0 bridgehead atoms. The third kappa shape index (κ3) is 7.00. The standard InChI is InChI=1S/C32H35N3O5S/c1-3-18-35(19-4-2)41(39,40)27-16-14-24(15-17-27)31(37)33-29-21-26-13-9-8-12-25(26)20-28(29)32(38)34-30(22-36)23-10-6-5-7-11-23/h5-17,20-21,30,36H,3-4,18-19,22H2,1-2H3,(H,33,37)(H,34,38). The van der Waals surface area contributed by atoms with Crippen LogP contribution in [0.2, 0.25) is 0 Å². The highest BCUT2D eigenvalue weighted by molar-refractivity contribution is 7.89. The molecule has 3 N–H and O–H groups in total. The van der Waals surface area contributed by atoms with Crippen molar-refractivity contribution in [1.82, 2.24) is 9.62 Å². The number of amides is 2. The van der Waals surface area contributed by atoms with Gasteiger partial charge in [0.05, 0.1) is 28.8 Å². The summed E-state index contributed by atoms with van der Waals surface area (Å²) in [5, 5.41) is 17.3. The van der Waals surface area contributed by atoms with Crippen molar-refractivity contribution in [3.05, 3.63) is 108 Å². The van der Waals surface area contributed by atoms with E-state index in [1.54, 1.807) is 12.1 Å². The fourth-order valence-electron chi connectivity index (χ4n) is 4.66. The van der Waals surface area contributed by atoms with Crippen LogP contribution in [0.25, 0.3) is 10.8 Å². The molecule has 0 aliphatic heterocycles. The van der Waals surface area contributed by atoms with Gasteiger partial charge in [0.15, 0.2) is 0 Å². The number of nitrogens with zero attached hydrogens (tertiary/aromatic N) is 1. The van der Waals surface area contributed by atoms with Crippen molar-refractivity contribution in [2.75, 3.05) is 25.0 Å². The van der Waals surface area contributed by atoms with Crippen LogP contribution in [0, 0.1) is 0 Å². The summed E-state index contributed by atoms with van der Waals surface area (Å²) in [6.07, 6.45) is 1.40. The Kier molecular flexibility index (Phi) is 9.88. The number of sulfonamides is 1. The van der Waals surface area contributed by atoms with Crippen molar-refractivity contribution in [1.29, 1.82) is 0 Å². The minimum absolute atomic E-state index is 0.123. The zero-order valence-electron chi connectivity index (χ0n) is 23.2. The summed E-state index contributed by atoms with van der Waals surface area (Å²) in [5.74, 6) is -0.943. The van der Waals surface area contributed by atoms with Crippen LogP contribution >= 0.6 is 0 Å². The topological polar surface area (TPSA) is 116 Å². The van der Waals surface area contributed by atoms with Gasteiger partial charge in [-0.25, -0.2) is 8.42 Å². The molecule has 1 unspecified atom stereocenters. The van der Waals surface area contributed by atoms with E-state index in [1.165, 1.54) is 28.6 Å². The van der Waals surface area contributed by atoms with Gasteiger partial charge in [-0.15, -0.1) is 0 Å². The predicted molar refractivity (Wildman–Crippen MR) is 161 cm³/mol. The van der Waals surface area contributed by atoms with E-state index in [9.17, 15) is 23.1 Å². The van der Waals surface area contributed by atoms with Gasteiger partial charge in [-0.1, -0.05) is 68.4 Å². The summed E-state index contributed by atoms with van der Waals surface area (Å²) in [6, 6.07) is 25.2. The SMILES string of the molecule is CCCN(CCC)S(=O)(=O)c1ccc(C(=O)Nc2cc3ccccc3cc2C(=O)NC(CO)c2ccccc2)cc1. The second kappa shape index (κ2) is 13.5. The van der Waals surface area contributed by atoms with Gasteiger partial charge < -0.3 is 15.7 Å². The van der Waals surface area contributed by atoms with Crippen molar-refractivity contribution < 1.29 is 23.1 Å². The van der Waals surface area contributed by atoms with Gasteiger partial charge in [-0.2, -0.15) is 4.31 Å². The smallest absolute Gasteiger partial charge is 0.255 e. The maximum Gasteiger partial charge on any atom is 0.255 e. The van der Waals surface area contributed by atoms with E-state index in [1.807, 2.05) is 68.4 Å². The van der Waals surface area contributed by atoms with E-state index in [4.69, 9.17) is 0 Å². The molecule has 0 aliphatic rings. The molecule has 4 aromatic rings. The molecule has 41 heavy (non-hydrogen) atoms. The summed E-state index contributed by atoms with van der Waals surface area (Å²) in [6.45, 7) is 4.41. The lowest BCUT2D eigenvalue weighted by Crippen LogP contribution is -2.32. The minimum Gasteiger partial charge on any atom is -0.394 e. The molecular formula is C32H35N3O5S. The van der Waals surface area contributed by atoms with Gasteiger partial charge in [-0.3, -0.25) is 9.59 Å². The first-order valence-electron chi connectivity index (χ1n) is 13.7. The average molecular weight is 574 g/mol. The lowest BCUT2D eigenvalue weighted by atomic mass is 10.0. The lowest BCUT2D eigenvalue weighted by Gasteiger charge is -2.21. The Morgan fingerprint density at radius 2 is 1.39 bits per heavy atom. The summed E-state index contributed by atoms with van der Waals surface area (Å²) in [7, 11) is -3.68. The molecule has 0 heterocycles. The van der Waals surface area contributed by atoms with Crippen LogP contribution in [-0.4, -0.2) is 49.3 Å². The number of carbonyl (C=O) groups is 2. The molecule has 0 saturated heterocycles. The molecule has 9 heteroatoms. The normalized spacial score (nSPS) is 12.3. The first kappa shape index (κ1) is 29.9. The molecule has 0 aliphatic carbocycles. The number of aliphatic hydroxyl groups excluding tert-OH is 1. The van der Waals surface area contributed by atoms with Crippen LogP contribution in [0.3, 0.4) is 0 Å². The van der Waals surface area contributed by atoms with Crippen LogP contribution in [-0.2, 0) is 10.0 Å². The predicted octanol–water partition coefficient (Wildman–Crippen LogP) is 5.37. The molecule has 0 saturated carbocycles. The van der Waals surface area contributed by atoms with E-state index in [0.717, 1.165) is 16.3 Å². The maximum absolute atomic E-state index is 13.5. The largest absolute Gasteiger partial charge is 0.394 e. The van der Waals surface area contributed by atoms with E-state index in [0.29, 0.717) is 31.6 Å². The van der Waals surface area contributed by atoms with Crippen LogP contribution < -0.4 is 10.6 Å². The number of fused-ring (bicyclic) bond motifs is 1. The first-order valence-corrected chi connectivity index (χ1v) is 15.1. The van der Waals surface area contributed by atoms with Gasteiger partial charge >= 0.3 is 0 Å². The van der Waals surface area contributed by atoms with Crippen molar-refractivity contribution in [2.24, 2.45) is 0 Å². The molecule has 0 aromatic heterocycles. The summed E-state index contributed by atoms with van der Waals surface area (Å²) in [4.78, 5) is 26.9. The van der Waals surface area contributed by atoms with Crippen LogP contribution in [0.15, 0.2) is 95.9 Å². The molecular weight excluding hydrogens is 538 g/mol.